The van der Waals surface area contributed by atoms with Gasteiger partial charge in [0.25, 0.3) is 0 Å². The lowest BCUT2D eigenvalue weighted by atomic mass is 10.2. The molecule has 20 heavy (non-hydrogen) atoms. The highest BCUT2D eigenvalue weighted by Crippen LogP contribution is 2.23. The maximum Gasteiger partial charge on any atom is 0.149 e. The SMILES string of the molecule is CN(C)CC(=Cc1ccccc1)Oc1ccccc1N. The van der Waals surface area contributed by atoms with E-state index in [1.54, 1.807) is 0 Å². The number of likely N-dealkylation sites (N-methyl/N-ethyl adjacent to an activating group) is 1. The van der Waals surface area contributed by atoms with Crippen molar-refractivity contribution >= 4 is 11.8 Å². The van der Waals surface area contributed by atoms with Gasteiger partial charge in [0.2, 0.25) is 0 Å². The van der Waals surface area contributed by atoms with Crippen LogP contribution in [0.15, 0.2) is 60.4 Å². The summed E-state index contributed by atoms with van der Waals surface area (Å²) >= 11 is 0. The first kappa shape index (κ1) is 14.2. The van der Waals surface area contributed by atoms with Crippen LogP contribution in [0.1, 0.15) is 5.56 Å². The van der Waals surface area contributed by atoms with Gasteiger partial charge in [0.15, 0.2) is 0 Å². The third-order valence-corrected chi connectivity index (χ3v) is 2.76. The van der Waals surface area contributed by atoms with Gasteiger partial charge in [-0.25, -0.2) is 0 Å². The lowest BCUT2D eigenvalue weighted by Crippen LogP contribution is -2.18. The number of hydrogen-bond donors (Lipinski definition) is 1. The van der Waals surface area contributed by atoms with Gasteiger partial charge in [0.05, 0.1) is 12.2 Å². The van der Waals surface area contributed by atoms with Crippen LogP contribution in [0.4, 0.5) is 5.69 Å². The van der Waals surface area contributed by atoms with Crippen molar-refractivity contribution in [2.45, 2.75) is 0 Å². The van der Waals surface area contributed by atoms with Gasteiger partial charge in [-0.1, -0.05) is 42.5 Å². The highest BCUT2D eigenvalue weighted by atomic mass is 16.5. The fraction of sp³-hybridized carbons (Fsp3) is 0.176. The Morgan fingerprint density at radius 1 is 1.05 bits per heavy atom. The fourth-order valence-electron chi connectivity index (χ4n) is 1.87. The van der Waals surface area contributed by atoms with Crippen LogP contribution in [0.5, 0.6) is 5.75 Å². The molecule has 0 aliphatic heterocycles. The van der Waals surface area contributed by atoms with Crippen molar-refractivity contribution in [1.29, 1.82) is 0 Å². The second kappa shape index (κ2) is 6.78. The molecule has 0 fully saturated rings. The number of nitrogens with two attached hydrogens (primary N) is 1. The molecule has 3 nitrogen and oxygen atoms in total. The van der Waals surface area contributed by atoms with Crippen LogP contribution in [-0.4, -0.2) is 25.5 Å². The van der Waals surface area contributed by atoms with Crippen LogP contribution in [0.25, 0.3) is 6.08 Å². The molecule has 0 unspecified atom stereocenters. The zero-order valence-electron chi connectivity index (χ0n) is 11.9. The Hall–Kier alpha value is -2.26. The maximum atomic E-state index is 5.95. The first-order valence-corrected chi connectivity index (χ1v) is 6.58. The van der Waals surface area contributed by atoms with Crippen molar-refractivity contribution < 1.29 is 4.74 Å². The molecule has 0 heterocycles. The minimum absolute atomic E-state index is 0.644. The molecular weight excluding hydrogens is 248 g/mol. The minimum atomic E-state index is 0.644. The number of benzene rings is 2. The quantitative estimate of drug-likeness (QED) is 0.668. The predicted octanol–water partition coefficient (Wildman–Crippen LogP) is 3.25. The van der Waals surface area contributed by atoms with E-state index in [0.29, 0.717) is 18.0 Å². The van der Waals surface area contributed by atoms with Crippen LogP contribution in [-0.2, 0) is 0 Å². The summed E-state index contributed by atoms with van der Waals surface area (Å²) in [5.74, 6) is 1.55. The average Bonchev–Trinajstić information content (AvgIpc) is 2.42. The largest absolute Gasteiger partial charge is 0.458 e. The molecule has 0 aliphatic rings. The molecule has 0 bridgehead atoms. The third-order valence-electron chi connectivity index (χ3n) is 2.76. The molecule has 0 saturated carbocycles. The van der Waals surface area contributed by atoms with E-state index >= 15 is 0 Å². The van der Waals surface area contributed by atoms with Gasteiger partial charge in [-0.15, -0.1) is 0 Å². The molecule has 3 heteroatoms. The van der Waals surface area contributed by atoms with Crippen LogP contribution in [0, 0.1) is 0 Å². The van der Waals surface area contributed by atoms with Crippen LogP contribution in [0.3, 0.4) is 0 Å². The smallest absolute Gasteiger partial charge is 0.149 e. The van der Waals surface area contributed by atoms with Gasteiger partial charge in [-0.3, -0.25) is 0 Å². The fourth-order valence-corrected chi connectivity index (χ4v) is 1.87. The summed E-state index contributed by atoms with van der Waals surface area (Å²) in [6, 6.07) is 17.6. The predicted molar refractivity (Wildman–Crippen MR) is 84.5 cm³/mol. The number of nitrogen functional groups attached to an aromatic ring is 1. The normalized spacial score (nSPS) is 11.7. The molecule has 2 aromatic carbocycles. The molecule has 2 rings (SSSR count). The average molecular weight is 268 g/mol. The second-order valence-corrected chi connectivity index (χ2v) is 4.90. The number of nitrogens with zero attached hydrogens (tertiary/aromatic N) is 1. The Kier molecular flexibility index (Phi) is 4.80. The van der Waals surface area contributed by atoms with Gasteiger partial charge in [0.1, 0.15) is 11.5 Å². The van der Waals surface area contributed by atoms with E-state index in [-0.39, 0.29) is 0 Å². The molecule has 0 aliphatic carbocycles. The Bertz CT molecular complexity index is 577. The van der Waals surface area contributed by atoms with Gasteiger partial charge in [-0.05, 0) is 37.9 Å². The van der Waals surface area contributed by atoms with Gasteiger partial charge >= 0.3 is 0 Å². The van der Waals surface area contributed by atoms with Crippen molar-refractivity contribution in [2.24, 2.45) is 0 Å². The summed E-state index contributed by atoms with van der Waals surface area (Å²) in [6.45, 7) is 0.712. The van der Waals surface area contributed by atoms with Crippen LogP contribution < -0.4 is 10.5 Å². The van der Waals surface area contributed by atoms with Gasteiger partial charge in [-0.2, -0.15) is 0 Å². The van der Waals surface area contributed by atoms with E-state index in [0.717, 1.165) is 11.3 Å². The highest BCUT2D eigenvalue weighted by Gasteiger charge is 2.06. The molecular formula is C17H20N2O. The lowest BCUT2D eigenvalue weighted by molar-refractivity contribution is 0.341. The Morgan fingerprint density at radius 3 is 2.35 bits per heavy atom. The monoisotopic (exact) mass is 268 g/mol. The molecule has 0 atom stereocenters. The standard InChI is InChI=1S/C17H20N2O/c1-19(2)13-15(12-14-8-4-3-5-9-14)20-17-11-7-6-10-16(17)18/h3-12H,13,18H2,1-2H3. The molecule has 2 N–H and O–H groups in total. The van der Waals surface area contributed by atoms with E-state index in [9.17, 15) is 0 Å². The zero-order chi connectivity index (χ0) is 14.4. The molecule has 0 radical (unpaired) electrons. The van der Waals surface area contributed by atoms with E-state index in [4.69, 9.17) is 10.5 Å². The number of anilines is 1. The van der Waals surface area contributed by atoms with E-state index in [2.05, 4.69) is 4.90 Å². The van der Waals surface area contributed by atoms with Crippen LogP contribution in [0.2, 0.25) is 0 Å². The molecule has 2 aromatic rings. The summed E-state index contributed by atoms with van der Waals surface area (Å²) in [7, 11) is 4.02. The molecule has 104 valence electrons. The molecule has 0 aromatic heterocycles. The second-order valence-electron chi connectivity index (χ2n) is 4.90. The van der Waals surface area contributed by atoms with Gasteiger partial charge < -0.3 is 15.4 Å². The van der Waals surface area contributed by atoms with Crippen LogP contribution >= 0.6 is 0 Å². The van der Waals surface area contributed by atoms with E-state index in [1.807, 2.05) is 74.8 Å². The van der Waals surface area contributed by atoms with Crippen molar-refractivity contribution in [3.05, 3.63) is 65.9 Å². The van der Waals surface area contributed by atoms with Crippen molar-refractivity contribution in [2.75, 3.05) is 26.4 Å². The summed E-state index contributed by atoms with van der Waals surface area (Å²) < 4.78 is 5.95. The molecule has 0 spiro atoms. The first-order valence-electron chi connectivity index (χ1n) is 6.58. The van der Waals surface area contributed by atoms with E-state index < -0.39 is 0 Å². The first-order chi connectivity index (χ1) is 9.65. The van der Waals surface area contributed by atoms with Gasteiger partial charge in [0, 0.05) is 0 Å². The summed E-state index contributed by atoms with van der Waals surface area (Å²) in [5.41, 5.74) is 7.68. The third kappa shape index (κ3) is 4.14. The topological polar surface area (TPSA) is 38.5 Å². The Balaban J connectivity index is 2.24. The van der Waals surface area contributed by atoms with Crippen molar-refractivity contribution in [3.8, 4) is 5.75 Å². The number of hydrogen-bond acceptors (Lipinski definition) is 3. The molecule has 0 amide bonds. The lowest BCUT2D eigenvalue weighted by Gasteiger charge is -2.16. The Labute approximate surface area is 120 Å². The summed E-state index contributed by atoms with van der Waals surface area (Å²) in [4.78, 5) is 2.06. The maximum absolute atomic E-state index is 5.95. The number of ether oxygens (including phenoxy) is 1. The van der Waals surface area contributed by atoms with Crippen molar-refractivity contribution in [1.82, 2.24) is 4.90 Å². The molecule has 0 saturated heterocycles. The zero-order valence-corrected chi connectivity index (χ0v) is 11.9. The minimum Gasteiger partial charge on any atom is -0.458 e. The van der Waals surface area contributed by atoms with E-state index in [1.165, 1.54) is 0 Å². The number of rotatable bonds is 5. The Morgan fingerprint density at radius 2 is 1.70 bits per heavy atom. The number of para-hydroxylation sites is 2. The summed E-state index contributed by atoms with van der Waals surface area (Å²) in [5, 5.41) is 0. The van der Waals surface area contributed by atoms with Crippen molar-refractivity contribution in [3.63, 3.8) is 0 Å². The summed E-state index contributed by atoms with van der Waals surface area (Å²) in [6.07, 6.45) is 2.03. The highest BCUT2D eigenvalue weighted by molar-refractivity contribution is 5.56.